The largest absolute Gasteiger partial charge is 0.351 e. The van der Waals surface area contributed by atoms with Gasteiger partial charge in [0.1, 0.15) is 0 Å². The molecule has 1 saturated carbocycles. The molecule has 0 spiro atoms. The molecule has 3 heteroatoms. The molecule has 0 saturated heterocycles. The van der Waals surface area contributed by atoms with Gasteiger partial charge in [-0.05, 0) is 31.7 Å². The van der Waals surface area contributed by atoms with Gasteiger partial charge in [0.2, 0.25) is 5.95 Å². The maximum absolute atomic E-state index is 4.41. The van der Waals surface area contributed by atoms with Crippen molar-refractivity contribution in [3.05, 3.63) is 18.0 Å². The molecular formula is C13H21N3. The van der Waals surface area contributed by atoms with E-state index in [0.29, 0.717) is 6.04 Å². The summed E-state index contributed by atoms with van der Waals surface area (Å²) in [6.45, 7) is 4.28. The Morgan fingerprint density at radius 2 is 2.19 bits per heavy atom. The highest BCUT2D eigenvalue weighted by atomic mass is 15.1. The van der Waals surface area contributed by atoms with E-state index in [1.165, 1.54) is 32.1 Å². The quantitative estimate of drug-likeness (QED) is 0.848. The molecule has 0 bridgehead atoms. The lowest BCUT2D eigenvalue weighted by Crippen LogP contribution is -2.32. The lowest BCUT2D eigenvalue weighted by molar-refractivity contribution is 0.316. The van der Waals surface area contributed by atoms with Crippen molar-refractivity contribution in [2.75, 3.05) is 5.32 Å². The molecule has 88 valence electrons. The first kappa shape index (κ1) is 11.4. The van der Waals surface area contributed by atoms with Crippen LogP contribution in [0.1, 0.15) is 44.7 Å². The van der Waals surface area contributed by atoms with Crippen molar-refractivity contribution in [3.8, 4) is 0 Å². The molecule has 1 aromatic heterocycles. The topological polar surface area (TPSA) is 37.8 Å². The normalized spacial score (nSPS) is 25.4. The Balaban J connectivity index is 2.02. The predicted octanol–water partition coefficient (Wildman–Crippen LogP) is 3.17. The number of rotatable bonds is 3. The molecule has 0 radical (unpaired) electrons. The highest BCUT2D eigenvalue weighted by molar-refractivity contribution is 5.27. The number of hydrogen-bond donors (Lipinski definition) is 1. The van der Waals surface area contributed by atoms with Crippen LogP contribution in [0.2, 0.25) is 0 Å². The van der Waals surface area contributed by atoms with Gasteiger partial charge in [0.15, 0.2) is 0 Å². The lowest BCUT2D eigenvalue weighted by atomic mass is 9.83. The molecule has 1 aromatic rings. The van der Waals surface area contributed by atoms with Crippen molar-refractivity contribution in [3.63, 3.8) is 0 Å². The van der Waals surface area contributed by atoms with Crippen LogP contribution in [-0.2, 0) is 0 Å². The molecule has 0 amide bonds. The average molecular weight is 219 g/mol. The zero-order valence-corrected chi connectivity index (χ0v) is 10.2. The Hall–Kier alpha value is -1.12. The van der Waals surface area contributed by atoms with Crippen molar-refractivity contribution in [2.45, 2.75) is 52.0 Å². The SMILES string of the molecule is CCC1CCCCC1Nc1nccc(C)n1. The number of nitrogens with zero attached hydrogens (tertiary/aromatic N) is 2. The van der Waals surface area contributed by atoms with Crippen molar-refractivity contribution < 1.29 is 0 Å². The van der Waals surface area contributed by atoms with E-state index in [1.807, 2.05) is 19.2 Å². The number of aromatic nitrogens is 2. The van der Waals surface area contributed by atoms with Gasteiger partial charge in [-0.25, -0.2) is 9.97 Å². The lowest BCUT2D eigenvalue weighted by Gasteiger charge is -2.31. The van der Waals surface area contributed by atoms with E-state index in [-0.39, 0.29) is 0 Å². The van der Waals surface area contributed by atoms with Crippen LogP contribution in [0.4, 0.5) is 5.95 Å². The second kappa shape index (κ2) is 5.28. The summed E-state index contributed by atoms with van der Waals surface area (Å²) in [5.41, 5.74) is 1.03. The molecule has 3 nitrogen and oxygen atoms in total. The Bertz CT molecular complexity index is 338. The number of anilines is 1. The fourth-order valence-electron chi connectivity index (χ4n) is 2.57. The molecule has 1 fully saturated rings. The van der Waals surface area contributed by atoms with E-state index in [0.717, 1.165) is 17.6 Å². The van der Waals surface area contributed by atoms with Gasteiger partial charge in [-0.2, -0.15) is 0 Å². The first-order chi connectivity index (χ1) is 7.79. The summed E-state index contributed by atoms with van der Waals surface area (Å²) in [5, 5.41) is 3.50. The van der Waals surface area contributed by atoms with Gasteiger partial charge < -0.3 is 5.32 Å². The fourth-order valence-corrected chi connectivity index (χ4v) is 2.57. The van der Waals surface area contributed by atoms with Crippen LogP contribution in [-0.4, -0.2) is 16.0 Å². The van der Waals surface area contributed by atoms with Gasteiger partial charge in [0.25, 0.3) is 0 Å². The van der Waals surface area contributed by atoms with Gasteiger partial charge in [-0.15, -0.1) is 0 Å². The maximum Gasteiger partial charge on any atom is 0.223 e. The second-order valence-electron chi connectivity index (χ2n) is 4.73. The van der Waals surface area contributed by atoms with Gasteiger partial charge in [-0.1, -0.05) is 26.2 Å². The van der Waals surface area contributed by atoms with Gasteiger partial charge >= 0.3 is 0 Å². The highest BCUT2D eigenvalue weighted by Crippen LogP contribution is 2.28. The molecule has 0 aromatic carbocycles. The molecule has 2 atom stereocenters. The van der Waals surface area contributed by atoms with E-state index in [1.54, 1.807) is 0 Å². The highest BCUT2D eigenvalue weighted by Gasteiger charge is 2.23. The van der Waals surface area contributed by atoms with E-state index >= 15 is 0 Å². The van der Waals surface area contributed by atoms with Crippen LogP contribution in [0, 0.1) is 12.8 Å². The minimum Gasteiger partial charge on any atom is -0.351 e. The zero-order valence-electron chi connectivity index (χ0n) is 10.2. The molecule has 1 N–H and O–H groups in total. The predicted molar refractivity (Wildman–Crippen MR) is 66.4 cm³/mol. The Morgan fingerprint density at radius 1 is 1.38 bits per heavy atom. The van der Waals surface area contributed by atoms with E-state index in [4.69, 9.17) is 0 Å². The van der Waals surface area contributed by atoms with E-state index < -0.39 is 0 Å². The smallest absolute Gasteiger partial charge is 0.223 e. The van der Waals surface area contributed by atoms with Crippen LogP contribution >= 0.6 is 0 Å². The summed E-state index contributed by atoms with van der Waals surface area (Å²) >= 11 is 0. The third-order valence-electron chi connectivity index (χ3n) is 3.54. The molecular weight excluding hydrogens is 198 g/mol. The van der Waals surface area contributed by atoms with E-state index in [9.17, 15) is 0 Å². The second-order valence-corrected chi connectivity index (χ2v) is 4.73. The van der Waals surface area contributed by atoms with E-state index in [2.05, 4.69) is 22.2 Å². The zero-order chi connectivity index (χ0) is 11.4. The van der Waals surface area contributed by atoms with Gasteiger partial charge in [-0.3, -0.25) is 0 Å². The fraction of sp³-hybridized carbons (Fsp3) is 0.692. The monoisotopic (exact) mass is 219 g/mol. The maximum atomic E-state index is 4.41. The summed E-state index contributed by atoms with van der Waals surface area (Å²) in [7, 11) is 0. The van der Waals surface area contributed by atoms with Crippen LogP contribution in [0.3, 0.4) is 0 Å². The Labute approximate surface area is 97.7 Å². The van der Waals surface area contributed by atoms with Crippen LogP contribution in [0.15, 0.2) is 12.3 Å². The molecule has 1 aliphatic carbocycles. The number of aryl methyl sites for hydroxylation is 1. The molecule has 1 aliphatic rings. The molecule has 0 aliphatic heterocycles. The summed E-state index contributed by atoms with van der Waals surface area (Å²) < 4.78 is 0. The van der Waals surface area contributed by atoms with Gasteiger partial charge in [0, 0.05) is 17.9 Å². The minimum atomic E-state index is 0.570. The number of nitrogens with one attached hydrogen (secondary N) is 1. The van der Waals surface area contributed by atoms with Crippen molar-refractivity contribution in [1.82, 2.24) is 9.97 Å². The third kappa shape index (κ3) is 2.71. The van der Waals surface area contributed by atoms with Crippen LogP contribution in [0.25, 0.3) is 0 Å². The Morgan fingerprint density at radius 3 is 2.94 bits per heavy atom. The van der Waals surface area contributed by atoms with Crippen LogP contribution in [0.5, 0.6) is 0 Å². The average Bonchev–Trinajstić information content (AvgIpc) is 2.30. The van der Waals surface area contributed by atoms with Crippen LogP contribution < -0.4 is 5.32 Å². The summed E-state index contributed by atoms with van der Waals surface area (Å²) in [5.74, 6) is 1.59. The first-order valence-electron chi connectivity index (χ1n) is 6.35. The van der Waals surface area contributed by atoms with Crippen molar-refractivity contribution in [2.24, 2.45) is 5.92 Å². The Kier molecular flexibility index (Phi) is 3.75. The molecule has 2 unspecified atom stereocenters. The minimum absolute atomic E-state index is 0.570. The summed E-state index contributed by atoms with van der Waals surface area (Å²) in [6, 6.07) is 2.50. The van der Waals surface area contributed by atoms with Gasteiger partial charge in [0.05, 0.1) is 0 Å². The molecule has 16 heavy (non-hydrogen) atoms. The summed E-state index contributed by atoms with van der Waals surface area (Å²) in [6.07, 6.45) is 8.40. The number of hydrogen-bond acceptors (Lipinski definition) is 3. The molecule has 2 rings (SSSR count). The summed E-state index contributed by atoms with van der Waals surface area (Å²) in [4.78, 5) is 8.69. The van der Waals surface area contributed by atoms with Crippen molar-refractivity contribution >= 4 is 5.95 Å². The third-order valence-corrected chi connectivity index (χ3v) is 3.54. The van der Waals surface area contributed by atoms with Crippen molar-refractivity contribution in [1.29, 1.82) is 0 Å². The first-order valence-corrected chi connectivity index (χ1v) is 6.35. The molecule has 1 heterocycles. The standard InChI is InChI=1S/C13H21N3/c1-3-11-6-4-5-7-12(11)16-13-14-9-8-10(2)15-13/h8-9,11-12H,3-7H2,1-2H3,(H,14,15,16).